The van der Waals surface area contributed by atoms with Crippen molar-refractivity contribution in [3.05, 3.63) is 23.8 Å². The van der Waals surface area contributed by atoms with Crippen molar-refractivity contribution in [2.45, 2.75) is 39.8 Å². The number of amides is 1. The standard InChI is InChI=1S/C18H30N4O3.HI/c1-7-25-15-10-13(8-9-14(15)24-6)11-20-17(19-5)21-12-16(23)22-18(2,3)4;/h8-10H,7,11-12H2,1-6H3,(H,22,23)(H2,19,20,21);1H. The molecule has 7 nitrogen and oxygen atoms in total. The first-order chi connectivity index (χ1) is 11.8. The average Bonchev–Trinajstić information content (AvgIpc) is 2.54. The molecule has 1 rings (SSSR count). The van der Waals surface area contributed by atoms with Crippen LogP contribution in [0.2, 0.25) is 0 Å². The molecule has 0 radical (unpaired) electrons. The number of methoxy groups -OCH3 is 1. The summed E-state index contributed by atoms with van der Waals surface area (Å²) in [4.78, 5) is 16.0. The van der Waals surface area contributed by atoms with E-state index in [1.54, 1.807) is 14.2 Å². The number of guanidine groups is 1. The summed E-state index contributed by atoms with van der Waals surface area (Å²) in [5.74, 6) is 1.88. The first kappa shape index (κ1) is 24.3. The van der Waals surface area contributed by atoms with Crippen molar-refractivity contribution in [2.75, 3.05) is 27.3 Å². The molecule has 0 aromatic heterocycles. The third-order valence-corrected chi connectivity index (χ3v) is 3.14. The highest BCUT2D eigenvalue weighted by Gasteiger charge is 2.13. The predicted octanol–water partition coefficient (Wildman–Crippen LogP) is 2.29. The lowest BCUT2D eigenvalue weighted by Crippen LogP contribution is -2.48. The van der Waals surface area contributed by atoms with Crippen LogP contribution in [0.3, 0.4) is 0 Å². The Morgan fingerprint density at radius 2 is 1.88 bits per heavy atom. The van der Waals surface area contributed by atoms with Crippen molar-refractivity contribution in [3.8, 4) is 11.5 Å². The fourth-order valence-electron chi connectivity index (χ4n) is 2.13. The maximum atomic E-state index is 11.9. The van der Waals surface area contributed by atoms with Gasteiger partial charge in [-0.3, -0.25) is 9.79 Å². The Balaban J connectivity index is 0.00000625. The van der Waals surface area contributed by atoms with Gasteiger partial charge in [0.05, 0.1) is 20.3 Å². The third-order valence-electron chi connectivity index (χ3n) is 3.14. The van der Waals surface area contributed by atoms with E-state index in [4.69, 9.17) is 9.47 Å². The molecular formula is C18H31IN4O3. The lowest BCUT2D eigenvalue weighted by atomic mass is 10.1. The number of hydrogen-bond acceptors (Lipinski definition) is 4. The summed E-state index contributed by atoms with van der Waals surface area (Å²) in [6.45, 7) is 9.03. The second-order valence-corrected chi connectivity index (χ2v) is 6.50. The summed E-state index contributed by atoms with van der Waals surface area (Å²) >= 11 is 0. The van der Waals surface area contributed by atoms with E-state index in [-0.39, 0.29) is 42.0 Å². The molecule has 0 saturated heterocycles. The van der Waals surface area contributed by atoms with Gasteiger partial charge in [-0.15, -0.1) is 24.0 Å². The Morgan fingerprint density at radius 3 is 2.42 bits per heavy atom. The molecule has 3 N–H and O–H groups in total. The van der Waals surface area contributed by atoms with Crippen LogP contribution in [0.5, 0.6) is 11.5 Å². The molecule has 1 amide bonds. The normalized spacial score (nSPS) is 11.2. The first-order valence-electron chi connectivity index (χ1n) is 8.34. The minimum absolute atomic E-state index is 0. The molecule has 0 aliphatic heterocycles. The lowest BCUT2D eigenvalue weighted by molar-refractivity contribution is -0.121. The molecule has 0 aliphatic rings. The van der Waals surface area contributed by atoms with E-state index in [1.807, 2.05) is 45.9 Å². The van der Waals surface area contributed by atoms with Gasteiger partial charge in [-0.1, -0.05) is 6.07 Å². The van der Waals surface area contributed by atoms with Crippen molar-refractivity contribution < 1.29 is 14.3 Å². The van der Waals surface area contributed by atoms with Crippen LogP contribution in [0.4, 0.5) is 0 Å². The van der Waals surface area contributed by atoms with Gasteiger partial charge in [-0.05, 0) is 45.4 Å². The van der Waals surface area contributed by atoms with E-state index in [1.165, 1.54) is 0 Å². The molecule has 0 heterocycles. The zero-order valence-corrected chi connectivity index (χ0v) is 18.8. The Morgan fingerprint density at radius 1 is 1.19 bits per heavy atom. The maximum absolute atomic E-state index is 11.9. The predicted molar refractivity (Wildman–Crippen MR) is 116 cm³/mol. The van der Waals surface area contributed by atoms with E-state index in [9.17, 15) is 4.79 Å². The molecule has 148 valence electrons. The summed E-state index contributed by atoms with van der Waals surface area (Å²) in [6, 6.07) is 5.75. The van der Waals surface area contributed by atoms with Crippen LogP contribution in [-0.4, -0.2) is 44.7 Å². The number of benzene rings is 1. The second kappa shape index (κ2) is 11.8. The summed E-state index contributed by atoms with van der Waals surface area (Å²) < 4.78 is 10.9. The molecule has 0 saturated carbocycles. The van der Waals surface area contributed by atoms with Gasteiger partial charge in [-0.25, -0.2) is 0 Å². The van der Waals surface area contributed by atoms with Crippen LogP contribution in [0.25, 0.3) is 0 Å². The zero-order valence-electron chi connectivity index (χ0n) is 16.4. The number of nitrogens with zero attached hydrogens (tertiary/aromatic N) is 1. The van der Waals surface area contributed by atoms with E-state index in [0.717, 1.165) is 5.56 Å². The topological polar surface area (TPSA) is 84.0 Å². The Hall–Kier alpha value is -1.71. The number of carbonyl (C=O) groups excluding carboxylic acids is 1. The minimum Gasteiger partial charge on any atom is -0.493 e. The molecule has 0 aliphatic carbocycles. The molecule has 0 bridgehead atoms. The van der Waals surface area contributed by atoms with Crippen molar-refractivity contribution in [1.29, 1.82) is 0 Å². The van der Waals surface area contributed by atoms with Crippen molar-refractivity contribution in [3.63, 3.8) is 0 Å². The third kappa shape index (κ3) is 9.12. The molecule has 8 heteroatoms. The molecule has 26 heavy (non-hydrogen) atoms. The van der Waals surface area contributed by atoms with Crippen LogP contribution in [0, 0.1) is 0 Å². The highest BCUT2D eigenvalue weighted by atomic mass is 127. The molecule has 0 unspecified atom stereocenters. The fraction of sp³-hybridized carbons (Fsp3) is 0.556. The van der Waals surface area contributed by atoms with Crippen molar-refractivity contribution in [1.82, 2.24) is 16.0 Å². The number of ether oxygens (including phenoxy) is 2. The van der Waals surface area contributed by atoms with Gasteiger partial charge in [0.1, 0.15) is 0 Å². The average molecular weight is 478 g/mol. The molecule has 0 spiro atoms. The molecular weight excluding hydrogens is 447 g/mol. The van der Waals surface area contributed by atoms with Gasteiger partial charge >= 0.3 is 0 Å². The quantitative estimate of drug-likeness (QED) is 0.318. The molecule has 1 aromatic rings. The van der Waals surface area contributed by atoms with Gasteiger partial charge in [0.2, 0.25) is 5.91 Å². The number of aliphatic imine (C=N–C) groups is 1. The Bertz CT molecular complexity index is 601. The van der Waals surface area contributed by atoms with E-state index in [0.29, 0.717) is 30.6 Å². The Kier molecular flexibility index (Phi) is 11.0. The largest absolute Gasteiger partial charge is 0.493 e. The highest BCUT2D eigenvalue weighted by molar-refractivity contribution is 14.0. The van der Waals surface area contributed by atoms with Crippen LogP contribution in [0.1, 0.15) is 33.3 Å². The smallest absolute Gasteiger partial charge is 0.239 e. The maximum Gasteiger partial charge on any atom is 0.239 e. The van der Waals surface area contributed by atoms with Crippen LogP contribution >= 0.6 is 24.0 Å². The summed E-state index contributed by atoms with van der Waals surface area (Å²) in [5, 5.41) is 9.06. The molecule has 1 aromatic carbocycles. The molecule has 0 atom stereocenters. The number of halogens is 1. The van der Waals surface area contributed by atoms with Crippen molar-refractivity contribution in [2.24, 2.45) is 4.99 Å². The highest BCUT2D eigenvalue weighted by Crippen LogP contribution is 2.27. The van der Waals surface area contributed by atoms with E-state index >= 15 is 0 Å². The summed E-state index contributed by atoms with van der Waals surface area (Å²) in [5.41, 5.74) is 0.764. The molecule has 0 fully saturated rings. The van der Waals surface area contributed by atoms with Crippen LogP contribution in [-0.2, 0) is 11.3 Å². The minimum atomic E-state index is -0.255. The lowest BCUT2D eigenvalue weighted by Gasteiger charge is -2.21. The van der Waals surface area contributed by atoms with Crippen LogP contribution < -0.4 is 25.4 Å². The second-order valence-electron chi connectivity index (χ2n) is 6.50. The van der Waals surface area contributed by atoms with Crippen molar-refractivity contribution >= 4 is 35.8 Å². The zero-order chi connectivity index (χ0) is 18.9. The monoisotopic (exact) mass is 478 g/mol. The number of rotatable bonds is 7. The van der Waals surface area contributed by atoms with Crippen LogP contribution in [0.15, 0.2) is 23.2 Å². The fourth-order valence-corrected chi connectivity index (χ4v) is 2.13. The van der Waals surface area contributed by atoms with E-state index < -0.39 is 0 Å². The first-order valence-corrected chi connectivity index (χ1v) is 8.34. The number of carbonyl (C=O) groups is 1. The van der Waals surface area contributed by atoms with Gasteiger partial charge in [0.25, 0.3) is 0 Å². The summed E-state index contributed by atoms with van der Waals surface area (Å²) in [7, 11) is 3.28. The van der Waals surface area contributed by atoms with Gasteiger partial charge in [-0.2, -0.15) is 0 Å². The number of hydrogen-bond donors (Lipinski definition) is 3. The Labute approximate surface area is 173 Å². The van der Waals surface area contributed by atoms with E-state index in [2.05, 4.69) is 20.9 Å². The van der Waals surface area contributed by atoms with Gasteiger partial charge < -0.3 is 25.4 Å². The number of nitrogens with one attached hydrogen (secondary N) is 3. The SMILES string of the molecule is CCOc1cc(CNC(=NC)NCC(=O)NC(C)(C)C)ccc1OC.I. The van der Waals surface area contributed by atoms with Gasteiger partial charge in [0.15, 0.2) is 17.5 Å². The van der Waals surface area contributed by atoms with Gasteiger partial charge in [0, 0.05) is 19.1 Å². The summed E-state index contributed by atoms with van der Waals surface area (Å²) in [6.07, 6.45) is 0.